The summed E-state index contributed by atoms with van der Waals surface area (Å²) in [5, 5.41) is 9.91. The van der Waals surface area contributed by atoms with E-state index in [1.54, 1.807) is 6.08 Å². The molecular weight excluding hydrogens is 292 g/mol. The molecule has 0 aliphatic heterocycles. The molecule has 24 heavy (non-hydrogen) atoms. The van der Waals surface area contributed by atoms with E-state index >= 15 is 0 Å². The highest BCUT2D eigenvalue weighted by Gasteiger charge is 2.55. The summed E-state index contributed by atoms with van der Waals surface area (Å²) in [6.45, 7) is 6.32. The average molecular weight is 322 g/mol. The van der Waals surface area contributed by atoms with Crippen LogP contribution in [0.25, 0.3) is 0 Å². The Morgan fingerprint density at radius 2 is 2.04 bits per heavy atom. The predicted molar refractivity (Wildman–Crippen MR) is 100 cm³/mol. The monoisotopic (exact) mass is 322 g/mol. The molecule has 3 fully saturated rings. The summed E-state index contributed by atoms with van der Waals surface area (Å²) in [4.78, 5) is 0. The van der Waals surface area contributed by atoms with Crippen LogP contribution in [0, 0.1) is 59.2 Å². The highest BCUT2D eigenvalue weighted by Crippen LogP contribution is 2.62. The highest BCUT2D eigenvalue weighted by atomic mass is 16.3. The van der Waals surface area contributed by atoms with Crippen LogP contribution in [-0.4, -0.2) is 5.11 Å². The zero-order valence-corrected chi connectivity index (χ0v) is 15.3. The predicted octanol–water partition coefficient (Wildman–Crippen LogP) is 5.50. The van der Waals surface area contributed by atoms with Crippen LogP contribution in [-0.2, 0) is 0 Å². The molecule has 0 aromatic carbocycles. The topological polar surface area (TPSA) is 20.2 Å². The second-order valence-corrected chi connectivity index (χ2v) is 8.12. The summed E-state index contributed by atoms with van der Waals surface area (Å²) in [5.41, 5.74) is 1.65. The molecule has 3 aliphatic carbocycles. The zero-order chi connectivity index (χ0) is 17.3. The van der Waals surface area contributed by atoms with Crippen LogP contribution < -0.4 is 0 Å². The van der Waals surface area contributed by atoms with E-state index < -0.39 is 0 Å². The van der Waals surface area contributed by atoms with Crippen molar-refractivity contribution in [1.82, 2.24) is 0 Å². The van der Waals surface area contributed by atoms with Gasteiger partial charge in [-0.2, -0.15) is 0 Å². The molecule has 128 valence electrons. The summed E-state index contributed by atoms with van der Waals surface area (Å²) < 4.78 is 0. The van der Waals surface area contributed by atoms with Gasteiger partial charge in [-0.15, -0.1) is 12.3 Å². The third-order valence-corrected chi connectivity index (χ3v) is 7.21. The summed E-state index contributed by atoms with van der Waals surface area (Å²) in [5.74, 6) is 13.0. The maximum absolute atomic E-state index is 9.91. The smallest absolute Gasteiger partial charge is 0.111 e. The van der Waals surface area contributed by atoms with Crippen molar-refractivity contribution in [2.24, 2.45) is 35.0 Å². The first-order valence-electron chi connectivity index (χ1n) is 9.49. The lowest BCUT2D eigenvalue weighted by atomic mass is 9.52. The van der Waals surface area contributed by atoms with Crippen molar-refractivity contribution < 1.29 is 5.11 Å². The van der Waals surface area contributed by atoms with E-state index in [-0.39, 0.29) is 5.92 Å². The second-order valence-electron chi connectivity index (χ2n) is 8.12. The van der Waals surface area contributed by atoms with E-state index in [1.807, 2.05) is 19.9 Å². The molecule has 0 radical (unpaired) electrons. The molecule has 0 bridgehead atoms. The summed E-state index contributed by atoms with van der Waals surface area (Å²) in [6.07, 6.45) is 16.9. The van der Waals surface area contributed by atoms with Gasteiger partial charge in [-0.1, -0.05) is 24.3 Å². The fourth-order valence-electron chi connectivity index (χ4n) is 5.99. The number of hydrogen-bond donors (Lipinski definition) is 1. The zero-order valence-electron chi connectivity index (χ0n) is 15.3. The lowest BCUT2D eigenvalue weighted by Gasteiger charge is -2.52. The summed E-state index contributed by atoms with van der Waals surface area (Å²) >= 11 is 0. The van der Waals surface area contributed by atoms with E-state index in [0.717, 1.165) is 18.3 Å². The van der Waals surface area contributed by atoms with Gasteiger partial charge in [0, 0.05) is 11.8 Å². The van der Waals surface area contributed by atoms with Crippen molar-refractivity contribution in [3.8, 4) is 24.2 Å². The van der Waals surface area contributed by atoms with Gasteiger partial charge in [-0.05, 0) is 87.7 Å². The van der Waals surface area contributed by atoms with Crippen molar-refractivity contribution in [2.45, 2.75) is 59.3 Å². The maximum Gasteiger partial charge on any atom is 0.111 e. The first-order chi connectivity index (χ1) is 11.5. The number of fused-ring (bicyclic) bond motifs is 3. The minimum Gasteiger partial charge on any atom is -0.508 e. The average Bonchev–Trinajstić information content (AvgIpc) is 2.92. The Balaban J connectivity index is 1.87. The molecular formula is C23H30O. The molecule has 1 nitrogen and oxygen atoms in total. The maximum atomic E-state index is 9.91. The molecule has 0 saturated heterocycles. The Morgan fingerprint density at radius 3 is 2.71 bits per heavy atom. The first kappa shape index (κ1) is 17.2. The fourth-order valence-corrected chi connectivity index (χ4v) is 5.99. The van der Waals surface area contributed by atoms with Gasteiger partial charge in [0.25, 0.3) is 0 Å². The van der Waals surface area contributed by atoms with E-state index in [1.165, 1.54) is 37.7 Å². The lowest BCUT2D eigenvalue weighted by molar-refractivity contribution is 0.000684. The van der Waals surface area contributed by atoms with Crippen LogP contribution in [0.5, 0.6) is 0 Å². The molecule has 3 aliphatic rings. The Labute approximate surface area is 147 Å². The molecule has 6 atom stereocenters. The molecule has 0 aromatic rings. The van der Waals surface area contributed by atoms with Gasteiger partial charge in [0.05, 0.1) is 0 Å². The molecule has 0 amide bonds. The number of terminal acetylenes is 1. The Bertz CT molecular complexity index is 650. The summed E-state index contributed by atoms with van der Waals surface area (Å²) in [6, 6.07) is 0. The van der Waals surface area contributed by atoms with Crippen LogP contribution in [0.3, 0.4) is 0 Å². The quantitative estimate of drug-likeness (QED) is 0.499. The van der Waals surface area contributed by atoms with Gasteiger partial charge in [0.2, 0.25) is 0 Å². The van der Waals surface area contributed by atoms with Crippen molar-refractivity contribution in [3.63, 3.8) is 0 Å². The number of aliphatic hydroxyl groups excluding tert-OH is 1. The van der Waals surface area contributed by atoms with Gasteiger partial charge < -0.3 is 5.11 Å². The van der Waals surface area contributed by atoms with Crippen LogP contribution in [0.1, 0.15) is 59.3 Å². The fraction of sp³-hybridized carbons (Fsp3) is 0.652. The molecule has 3 saturated carbocycles. The number of rotatable bonds is 1. The van der Waals surface area contributed by atoms with Crippen molar-refractivity contribution in [2.75, 3.05) is 0 Å². The normalized spacial score (nSPS) is 43.3. The van der Waals surface area contributed by atoms with Gasteiger partial charge >= 0.3 is 0 Å². The summed E-state index contributed by atoms with van der Waals surface area (Å²) in [7, 11) is 0. The Kier molecular flexibility index (Phi) is 4.83. The van der Waals surface area contributed by atoms with Gasteiger partial charge in [-0.3, -0.25) is 0 Å². The first-order valence-corrected chi connectivity index (χ1v) is 9.49. The van der Waals surface area contributed by atoms with Crippen molar-refractivity contribution >= 4 is 0 Å². The van der Waals surface area contributed by atoms with Crippen LogP contribution in [0.2, 0.25) is 0 Å². The lowest BCUT2D eigenvalue weighted by Crippen LogP contribution is -2.45. The number of aliphatic hydroxyl groups is 1. The highest BCUT2D eigenvalue weighted by molar-refractivity contribution is 5.29. The van der Waals surface area contributed by atoms with Gasteiger partial charge in [-0.25, -0.2) is 0 Å². The Morgan fingerprint density at radius 1 is 1.25 bits per heavy atom. The minimum atomic E-state index is 0.201. The molecule has 0 heterocycles. The molecule has 0 aromatic heterocycles. The van der Waals surface area contributed by atoms with Gasteiger partial charge in [0.1, 0.15) is 5.76 Å². The number of hydrogen-bond acceptors (Lipinski definition) is 1. The Hall–Kier alpha value is -1.60. The molecule has 3 rings (SSSR count). The van der Waals surface area contributed by atoms with Crippen molar-refractivity contribution in [3.05, 3.63) is 23.5 Å². The molecule has 1 heteroatoms. The second kappa shape index (κ2) is 6.72. The van der Waals surface area contributed by atoms with Crippen LogP contribution >= 0.6 is 0 Å². The van der Waals surface area contributed by atoms with Gasteiger partial charge in [0.15, 0.2) is 0 Å². The third-order valence-electron chi connectivity index (χ3n) is 7.21. The molecule has 1 N–H and O–H groups in total. The van der Waals surface area contributed by atoms with E-state index in [4.69, 9.17) is 6.42 Å². The van der Waals surface area contributed by atoms with Crippen molar-refractivity contribution in [1.29, 1.82) is 0 Å². The largest absolute Gasteiger partial charge is 0.508 e. The van der Waals surface area contributed by atoms with E-state index in [2.05, 4.69) is 24.7 Å². The standard InChI is InChI=1S/C23H30O/c1-5-8-17-10-12-22-21-11-9-16(15-18(24)6-2)19(7-3)20(21)13-14-23(17,22)4/h3,6,15,17,19-22,24H,9-14H2,1-2,4H3/b16-15-,18-6+/t17?,19-,20?,21?,22?,23?/m1/s1. The SMILES string of the molecule is C#C[C@@H]1/C(=C\C(O)=C/C)CCC2C1CCC1(C)C(C#CC)CCC21. The third kappa shape index (κ3) is 2.69. The van der Waals surface area contributed by atoms with Crippen LogP contribution in [0.4, 0.5) is 0 Å². The van der Waals surface area contributed by atoms with E-state index in [9.17, 15) is 5.11 Å². The van der Waals surface area contributed by atoms with Crippen LogP contribution in [0.15, 0.2) is 23.5 Å². The minimum absolute atomic E-state index is 0.201. The van der Waals surface area contributed by atoms with E-state index in [0.29, 0.717) is 23.0 Å². The number of allylic oxidation sites excluding steroid dienone is 3. The molecule has 0 spiro atoms. The molecule has 5 unspecified atom stereocenters.